The average Bonchev–Trinajstić information content (AvgIpc) is 3.22. The molecule has 4 fully saturated rings. The van der Waals surface area contributed by atoms with Gasteiger partial charge in [0.05, 0.1) is 12.2 Å². The van der Waals surface area contributed by atoms with E-state index in [-0.39, 0.29) is 34.4 Å². The number of ether oxygens (including phenoxy) is 1. The Hall–Kier alpha value is -1.00. The molecule has 5 rings (SSSR count). The van der Waals surface area contributed by atoms with Crippen molar-refractivity contribution in [2.75, 3.05) is 0 Å². The Morgan fingerprint density at radius 2 is 2.08 bits per heavy atom. The van der Waals surface area contributed by atoms with E-state index in [0.29, 0.717) is 24.7 Å². The summed E-state index contributed by atoms with van der Waals surface area (Å²) >= 11 is 0. The van der Waals surface area contributed by atoms with Crippen LogP contribution in [0.3, 0.4) is 0 Å². The second-order valence-corrected chi connectivity index (χ2v) is 9.71. The Balaban J connectivity index is 1.56. The summed E-state index contributed by atoms with van der Waals surface area (Å²) in [6.45, 7) is 6.10. The maximum atomic E-state index is 12.4. The van der Waals surface area contributed by atoms with Crippen LogP contribution in [0, 0.1) is 28.6 Å². The molecular weight excluding hydrogens is 316 g/mol. The minimum atomic E-state index is -0.636. The summed E-state index contributed by atoms with van der Waals surface area (Å²) in [7, 11) is 0. The van der Waals surface area contributed by atoms with Crippen molar-refractivity contribution in [3.63, 3.8) is 0 Å². The fourth-order valence-electron chi connectivity index (χ4n) is 7.75. The number of aliphatic hydroxyl groups is 1. The molecule has 0 bridgehead atoms. The first-order valence-electron chi connectivity index (χ1n) is 9.85. The molecule has 1 heterocycles. The number of aliphatic hydroxyl groups excluding tert-OH is 1. The number of ketones is 2. The smallest absolute Gasteiger partial charge is 0.164 e. The molecule has 0 amide bonds. The number of allylic oxidation sites excluding steroid dienone is 1. The number of carbonyl (C=O) groups is 2. The first-order valence-corrected chi connectivity index (χ1v) is 9.85. The van der Waals surface area contributed by atoms with Crippen molar-refractivity contribution in [3.8, 4) is 0 Å². The van der Waals surface area contributed by atoms with Crippen LogP contribution in [0.1, 0.15) is 59.3 Å². The van der Waals surface area contributed by atoms with Gasteiger partial charge < -0.3 is 9.84 Å². The van der Waals surface area contributed by atoms with E-state index in [0.717, 1.165) is 25.7 Å². The summed E-state index contributed by atoms with van der Waals surface area (Å²) in [6.07, 6.45) is 6.54. The number of hydrogen-bond donors (Lipinski definition) is 1. The maximum Gasteiger partial charge on any atom is 0.164 e. The Kier molecular flexibility index (Phi) is 3.00. The van der Waals surface area contributed by atoms with Crippen LogP contribution in [0.2, 0.25) is 0 Å². The van der Waals surface area contributed by atoms with Crippen LogP contribution in [0.5, 0.6) is 0 Å². The molecule has 4 heteroatoms. The molecule has 8 atom stereocenters. The molecule has 0 aromatic rings. The molecule has 136 valence electrons. The Morgan fingerprint density at radius 3 is 2.80 bits per heavy atom. The van der Waals surface area contributed by atoms with E-state index in [1.54, 1.807) is 6.92 Å². The van der Waals surface area contributed by atoms with E-state index in [2.05, 4.69) is 13.8 Å². The van der Waals surface area contributed by atoms with E-state index in [1.165, 1.54) is 5.57 Å². The van der Waals surface area contributed by atoms with Gasteiger partial charge in [-0.1, -0.05) is 19.4 Å². The third-order valence-corrected chi connectivity index (χ3v) is 8.85. The SMILES string of the molecule is CC(=O)[C@@]12O[C@H]1CC1[C@@H]3CCC4=CC(=O)CC[C@]4(C)C3[C@@H](O)C[C@@]12C. The molecule has 5 aliphatic rings. The summed E-state index contributed by atoms with van der Waals surface area (Å²) in [5.74, 6) is 1.46. The van der Waals surface area contributed by atoms with Gasteiger partial charge in [0, 0.05) is 11.8 Å². The van der Waals surface area contributed by atoms with Gasteiger partial charge in [-0.05, 0) is 68.3 Å². The van der Waals surface area contributed by atoms with Gasteiger partial charge in [-0.15, -0.1) is 0 Å². The monoisotopic (exact) mass is 344 g/mol. The summed E-state index contributed by atoms with van der Waals surface area (Å²) in [5.41, 5.74) is 0.317. The largest absolute Gasteiger partial charge is 0.393 e. The van der Waals surface area contributed by atoms with E-state index in [1.807, 2.05) is 6.08 Å². The highest BCUT2D eigenvalue weighted by atomic mass is 16.6. The van der Waals surface area contributed by atoms with Gasteiger partial charge in [0.1, 0.15) is 0 Å². The second-order valence-electron chi connectivity index (χ2n) is 9.71. The van der Waals surface area contributed by atoms with Crippen molar-refractivity contribution in [2.24, 2.45) is 28.6 Å². The van der Waals surface area contributed by atoms with E-state index < -0.39 is 11.7 Å². The Labute approximate surface area is 149 Å². The lowest BCUT2D eigenvalue weighted by Gasteiger charge is -2.60. The lowest BCUT2D eigenvalue weighted by Crippen LogP contribution is -2.59. The molecule has 1 saturated heterocycles. The minimum Gasteiger partial charge on any atom is -0.393 e. The molecule has 0 radical (unpaired) electrons. The summed E-state index contributed by atoms with van der Waals surface area (Å²) in [6, 6.07) is 0. The first-order chi connectivity index (χ1) is 11.7. The molecular formula is C21H28O4. The highest BCUT2D eigenvalue weighted by molar-refractivity contribution is 5.92. The topological polar surface area (TPSA) is 66.9 Å². The number of epoxide rings is 1. The highest BCUT2D eigenvalue weighted by Gasteiger charge is 2.80. The average molecular weight is 344 g/mol. The third-order valence-electron chi connectivity index (χ3n) is 8.85. The number of rotatable bonds is 1. The molecule has 1 aliphatic heterocycles. The van der Waals surface area contributed by atoms with Gasteiger partial charge >= 0.3 is 0 Å². The van der Waals surface area contributed by atoms with E-state index in [4.69, 9.17) is 4.74 Å². The molecule has 3 saturated carbocycles. The van der Waals surface area contributed by atoms with Crippen molar-refractivity contribution in [1.29, 1.82) is 0 Å². The van der Waals surface area contributed by atoms with Crippen LogP contribution in [0.25, 0.3) is 0 Å². The fraction of sp³-hybridized carbons (Fsp3) is 0.810. The van der Waals surface area contributed by atoms with Crippen molar-refractivity contribution in [2.45, 2.75) is 77.1 Å². The Bertz CT molecular complexity index is 711. The van der Waals surface area contributed by atoms with Gasteiger partial charge in [-0.3, -0.25) is 9.59 Å². The molecule has 0 spiro atoms. The van der Waals surface area contributed by atoms with Crippen LogP contribution in [-0.4, -0.2) is 34.5 Å². The molecule has 4 aliphatic carbocycles. The van der Waals surface area contributed by atoms with Crippen LogP contribution < -0.4 is 0 Å². The molecule has 1 N–H and O–H groups in total. The summed E-state index contributed by atoms with van der Waals surface area (Å²) in [4.78, 5) is 24.3. The predicted octanol–water partition coefficient (Wildman–Crippen LogP) is 2.83. The second kappa shape index (κ2) is 4.64. The molecule has 2 unspecified atom stereocenters. The maximum absolute atomic E-state index is 12.4. The van der Waals surface area contributed by atoms with Crippen molar-refractivity contribution in [1.82, 2.24) is 0 Å². The zero-order valence-electron chi connectivity index (χ0n) is 15.4. The van der Waals surface area contributed by atoms with Crippen molar-refractivity contribution < 1.29 is 19.4 Å². The van der Waals surface area contributed by atoms with Gasteiger partial charge in [0.15, 0.2) is 17.2 Å². The number of fused-ring (bicyclic) bond motifs is 7. The van der Waals surface area contributed by atoms with Crippen LogP contribution >= 0.6 is 0 Å². The van der Waals surface area contributed by atoms with E-state index >= 15 is 0 Å². The van der Waals surface area contributed by atoms with Gasteiger partial charge in [-0.2, -0.15) is 0 Å². The van der Waals surface area contributed by atoms with Crippen LogP contribution in [0.15, 0.2) is 11.6 Å². The molecule has 0 aromatic carbocycles. The lowest BCUT2D eigenvalue weighted by molar-refractivity contribution is -0.158. The number of Topliss-reactive ketones (excluding diaryl/α,β-unsaturated/α-hetero) is 1. The van der Waals surface area contributed by atoms with Gasteiger partial charge in [0.2, 0.25) is 0 Å². The van der Waals surface area contributed by atoms with E-state index in [9.17, 15) is 14.7 Å². The number of carbonyl (C=O) groups excluding carboxylic acids is 2. The normalized spacial score (nSPS) is 56.2. The zero-order valence-corrected chi connectivity index (χ0v) is 15.4. The lowest BCUT2D eigenvalue weighted by atomic mass is 9.45. The fourth-order valence-corrected chi connectivity index (χ4v) is 7.75. The first kappa shape index (κ1) is 16.2. The third kappa shape index (κ3) is 1.71. The van der Waals surface area contributed by atoms with Crippen LogP contribution in [0.4, 0.5) is 0 Å². The van der Waals surface area contributed by atoms with Gasteiger partial charge in [-0.25, -0.2) is 0 Å². The summed E-state index contributed by atoms with van der Waals surface area (Å²) in [5, 5.41) is 11.2. The van der Waals surface area contributed by atoms with Crippen molar-refractivity contribution in [3.05, 3.63) is 11.6 Å². The number of hydrogen-bond acceptors (Lipinski definition) is 4. The van der Waals surface area contributed by atoms with Crippen molar-refractivity contribution >= 4 is 11.6 Å². The minimum absolute atomic E-state index is 0.0589. The molecule has 25 heavy (non-hydrogen) atoms. The predicted molar refractivity (Wildman–Crippen MR) is 91.8 cm³/mol. The zero-order chi connectivity index (χ0) is 17.8. The Morgan fingerprint density at radius 1 is 1.32 bits per heavy atom. The highest BCUT2D eigenvalue weighted by Crippen LogP contribution is 2.73. The standard InChI is InChI=1S/C21H28O4/c1-11(22)21-17(25-21)9-15-14-5-4-12-8-13(23)6-7-19(12,2)18(14)16(24)10-20(15,21)3/h8,14-18,24H,4-7,9-10H2,1-3H3/t14-,15?,16-,17-,18?,19-,20-,21+/m0/s1. The summed E-state index contributed by atoms with van der Waals surface area (Å²) < 4.78 is 5.93. The molecule has 0 aromatic heterocycles. The quantitative estimate of drug-likeness (QED) is 0.743. The van der Waals surface area contributed by atoms with Crippen LogP contribution in [-0.2, 0) is 14.3 Å². The molecule has 4 nitrogen and oxygen atoms in total. The van der Waals surface area contributed by atoms with Gasteiger partial charge in [0.25, 0.3) is 0 Å².